The highest BCUT2D eigenvalue weighted by Crippen LogP contribution is 2.29. The molecule has 0 radical (unpaired) electrons. The Morgan fingerprint density at radius 3 is 2.12 bits per heavy atom. The van der Waals surface area contributed by atoms with E-state index in [0.29, 0.717) is 0 Å². The fourth-order valence-corrected chi connectivity index (χ4v) is 1.19. The Bertz CT molecular complexity index is 371. The van der Waals surface area contributed by atoms with Crippen molar-refractivity contribution in [2.24, 2.45) is 0 Å². The number of carbonyl (C=O) groups excluding carboxylic acids is 1. The molecule has 1 atom stereocenters. The fourth-order valence-electron chi connectivity index (χ4n) is 1.12. The lowest BCUT2D eigenvalue weighted by Crippen LogP contribution is -2.12. The van der Waals surface area contributed by atoms with Crippen molar-refractivity contribution in [3.63, 3.8) is 0 Å². The predicted molar refractivity (Wildman–Crippen MR) is 50.9 cm³/mol. The minimum atomic E-state index is -4.42. The summed E-state index contributed by atoms with van der Waals surface area (Å²) in [6.45, 7) is 0. The van der Waals surface area contributed by atoms with E-state index in [9.17, 15) is 22.4 Å². The van der Waals surface area contributed by atoms with Gasteiger partial charge in [0.15, 0.2) is 6.17 Å². The summed E-state index contributed by atoms with van der Waals surface area (Å²) in [6.07, 6.45) is -6.63. The first-order chi connectivity index (χ1) is 7.30. The Balaban J connectivity index is 2.76. The average molecular weight is 255 g/mol. The van der Waals surface area contributed by atoms with Crippen molar-refractivity contribution >= 4 is 16.8 Å². The van der Waals surface area contributed by atoms with E-state index in [1.807, 2.05) is 0 Å². The minimum absolute atomic E-state index is 0.287. The highest BCUT2D eigenvalue weighted by Gasteiger charge is 2.30. The van der Waals surface area contributed by atoms with Crippen LogP contribution < -0.4 is 0 Å². The van der Waals surface area contributed by atoms with E-state index in [0.717, 1.165) is 24.3 Å². The Labute approximate surface area is 94.0 Å². The maximum atomic E-state index is 12.8. The topological polar surface area (TPSA) is 17.1 Å². The van der Waals surface area contributed by atoms with Gasteiger partial charge < -0.3 is 0 Å². The van der Waals surface area contributed by atoms with Crippen molar-refractivity contribution in [1.82, 2.24) is 0 Å². The maximum absolute atomic E-state index is 12.8. The molecule has 1 unspecified atom stereocenters. The van der Waals surface area contributed by atoms with Gasteiger partial charge in [-0.2, -0.15) is 13.2 Å². The van der Waals surface area contributed by atoms with Crippen LogP contribution in [0.5, 0.6) is 0 Å². The molecule has 0 spiro atoms. The van der Waals surface area contributed by atoms with Crippen molar-refractivity contribution in [2.75, 3.05) is 0 Å². The highest BCUT2D eigenvalue weighted by atomic mass is 35.5. The average Bonchev–Trinajstić information content (AvgIpc) is 2.17. The van der Waals surface area contributed by atoms with E-state index in [-0.39, 0.29) is 12.0 Å². The summed E-state index contributed by atoms with van der Waals surface area (Å²) in [5.74, 6) is 0. The molecule has 16 heavy (non-hydrogen) atoms. The van der Waals surface area contributed by atoms with Crippen molar-refractivity contribution in [3.8, 4) is 0 Å². The maximum Gasteiger partial charge on any atom is 0.416 e. The molecule has 0 N–H and O–H groups in total. The smallest absolute Gasteiger partial charge is 0.278 e. The van der Waals surface area contributed by atoms with Crippen LogP contribution in [0.1, 0.15) is 11.1 Å². The lowest BCUT2D eigenvalue weighted by atomic mass is 10.1. The van der Waals surface area contributed by atoms with Crippen LogP contribution in [-0.2, 0) is 17.4 Å². The second kappa shape index (κ2) is 4.82. The zero-order valence-corrected chi connectivity index (χ0v) is 8.65. The first-order valence-electron chi connectivity index (χ1n) is 4.30. The number of alkyl halides is 4. The van der Waals surface area contributed by atoms with Gasteiger partial charge in [-0.15, -0.1) is 0 Å². The third-order valence-electron chi connectivity index (χ3n) is 1.94. The van der Waals surface area contributed by atoms with Gasteiger partial charge in [0.2, 0.25) is 0 Å². The molecule has 0 aliphatic heterocycles. The number of halogens is 5. The van der Waals surface area contributed by atoms with E-state index >= 15 is 0 Å². The zero-order valence-electron chi connectivity index (χ0n) is 7.89. The van der Waals surface area contributed by atoms with Crippen LogP contribution in [0.25, 0.3) is 0 Å². The number of hydrogen-bond donors (Lipinski definition) is 0. The summed E-state index contributed by atoms with van der Waals surface area (Å²) in [6, 6.07) is 3.91. The molecule has 1 aromatic carbocycles. The second-order valence-electron chi connectivity index (χ2n) is 3.17. The van der Waals surface area contributed by atoms with Gasteiger partial charge in [0.1, 0.15) is 0 Å². The molecular weight excluding hydrogens is 248 g/mol. The molecule has 1 nitrogen and oxygen atoms in total. The number of benzene rings is 1. The van der Waals surface area contributed by atoms with Crippen LogP contribution in [0, 0.1) is 0 Å². The molecule has 0 heterocycles. The quantitative estimate of drug-likeness (QED) is 0.597. The highest BCUT2D eigenvalue weighted by molar-refractivity contribution is 6.64. The van der Waals surface area contributed by atoms with Gasteiger partial charge in [0, 0.05) is 6.42 Å². The summed E-state index contributed by atoms with van der Waals surface area (Å²) >= 11 is 4.89. The van der Waals surface area contributed by atoms with Crippen LogP contribution in [-0.4, -0.2) is 11.4 Å². The molecule has 0 aromatic heterocycles. The molecule has 0 aliphatic rings. The third kappa shape index (κ3) is 3.48. The SMILES string of the molecule is O=C(Cl)C(F)Cc1ccc(C(F)(F)F)cc1. The van der Waals surface area contributed by atoms with E-state index in [1.165, 1.54) is 0 Å². The first-order valence-corrected chi connectivity index (χ1v) is 4.68. The molecule has 0 bridgehead atoms. The molecule has 88 valence electrons. The predicted octanol–water partition coefficient (Wildman–Crippen LogP) is 3.35. The second-order valence-corrected chi connectivity index (χ2v) is 3.54. The summed E-state index contributed by atoms with van der Waals surface area (Å²) in [5, 5.41) is -1.15. The van der Waals surface area contributed by atoms with E-state index in [4.69, 9.17) is 11.6 Å². The van der Waals surface area contributed by atoms with Gasteiger partial charge in [-0.25, -0.2) is 4.39 Å². The van der Waals surface area contributed by atoms with Crippen LogP contribution in [0.2, 0.25) is 0 Å². The van der Waals surface area contributed by atoms with E-state index in [2.05, 4.69) is 0 Å². The van der Waals surface area contributed by atoms with Crippen molar-refractivity contribution in [2.45, 2.75) is 18.8 Å². The standard InChI is InChI=1S/C10H7ClF4O/c11-9(16)8(12)5-6-1-3-7(4-2-6)10(13,14)15/h1-4,8H,5H2. The molecule has 6 heteroatoms. The van der Waals surface area contributed by atoms with E-state index in [1.54, 1.807) is 0 Å². The third-order valence-corrected chi connectivity index (χ3v) is 2.18. The summed E-state index contributed by atoms with van der Waals surface area (Å²) in [5.41, 5.74) is -0.529. The monoisotopic (exact) mass is 254 g/mol. The van der Waals surface area contributed by atoms with Crippen molar-refractivity contribution in [1.29, 1.82) is 0 Å². The Morgan fingerprint density at radius 2 is 1.75 bits per heavy atom. The van der Waals surface area contributed by atoms with Gasteiger partial charge >= 0.3 is 6.18 Å². The van der Waals surface area contributed by atoms with Crippen LogP contribution in [0.15, 0.2) is 24.3 Å². The van der Waals surface area contributed by atoms with Crippen LogP contribution >= 0.6 is 11.6 Å². The van der Waals surface area contributed by atoms with Gasteiger partial charge in [-0.1, -0.05) is 12.1 Å². The molecule has 0 saturated carbocycles. The molecule has 0 fully saturated rings. The molecule has 1 rings (SSSR count). The number of rotatable bonds is 3. The fraction of sp³-hybridized carbons (Fsp3) is 0.300. The normalized spacial score (nSPS) is 13.6. The number of hydrogen-bond acceptors (Lipinski definition) is 1. The van der Waals surface area contributed by atoms with Gasteiger partial charge in [-0.3, -0.25) is 4.79 Å². The van der Waals surface area contributed by atoms with Crippen LogP contribution in [0.4, 0.5) is 17.6 Å². The zero-order chi connectivity index (χ0) is 12.3. The summed E-state index contributed by atoms with van der Waals surface area (Å²) in [7, 11) is 0. The largest absolute Gasteiger partial charge is 0.416 e. The molecule has 0 aliphatic carbocycles. The summed E-state index contributed by atoms with van der Waals surface area (Å²) < 4.78 is 49.3. The lowest BCUT2D eigenvalue weighted by Gasteiger charge is -2.08. The van der Waals surface area contributed by atoms with Gasteiger partial charge in [-0.05, 0) is 29.3 Å². The van der Waals surface area contributed by atoms with Crippen LogP contribution in [0.3, 0.4) is 0 Å². The molecule has 0 amide bonds. The Morgan fingerprint density at radius 1 is 1.25 bits per heavy atom. The summed E-state index contributed by atoms with van der Waals surface area (Å²) in [4.78, 5) is 10.4. The Hall–Kier alpha value is -1.10. The molecule has 0 saturated heterocycles. The van der Waals surface area contributed by atoms with Crippen molar-refractivity contribution in [3.05, 3.63) is 35.4 Å². The first kappa shape index (κ1) is 13.0. The minimum Gasteiger partial charge on any atom is -0.278 e. The van der Waals surface area contributed by atoms with Crippen molar-refractivity contribution < 1.29 is 22.4 Å². The van der Waals surface area contributed by atoms with Gasteiger partial charge in [0.05, 0.1) is 5.56 Å². The Kier molecular flexibility index (Phi) is 3.91. The molecule has 1 aromatic rings. The van der Waals surface area contributed by atoms with E-state index < -0.39 is 23.2 Å². The molecular formula is C10H7ClF4O. The lowest BCUT2D eigenvalue weighted by molar-refractivity contribution is -0.137. The number of carbonyl (C=O) groups is 1. The van der Waals surface area contributed by atoms with Gasteiger partial charge in [0.25, 0.3) is 5.24 Å².